The Bertz CT molecular complexity index is 7.64. The monoisotopic (exact) mass is 549 g/mol. The fraction of sp³-hybridized carbons (Fsp3) is 0. The number of hydrogen-bond acceptors (Lipinski definition) is 0. The molecule has 8 heteroatoms. The van der Waals surface area contributed by atoms with Crippen molar-refractivity contribution >= 4 is 233 Å². The molecule has 0 aromatic rings. The Morgan fingerprint density at radius 1 is 0.250 bits per heavy atom. The second kappa shape index (κ2) is 47.3. The molecule has 0 unspecified atom stereocenters. The third kappa shape index (κ3) is 37.7. The van der Waals surface area contributed by atoms with Gasteiger partial charge in [0.1, 0.15) is 0 Å². The van der Waals surface area contributed by atoms with E-state index in [0.717, 1.165) is 0 Å². The zero-order chi connectivity index (χ0) is 0. The van der Waals surface area contributed by atoms with Gasteiger partial charge in [0.2, 0.25) is 0 Å². The van der Waals surface area contributed by atoms with Crippen LogP contribution < -0.4 is 0 Å². The Kier molecular flexibility index (Phi) is 345. The summed E-state index contributed by atoms with van der Waals surface area (Å²) in [6.45, 7) is 0. The summed E-state index contributed by atoms with van der Waals surface area (Å²) in [6, 6.07) is 0. The van der Waals surface area contributed by atoms with E-state index in [2.05, 4.69) is 0 Å². The van der Waals surface area contributed by atoms with E-state index < -0.39 is 0 Å². The van der Waals surface area contributed by atoms with Gasteiger partial charge in [-0.1, -0.05) is 0 Å². The van der Waals surface area contributed by atoms with Crippen LogP contribution in [0.5, 0.6) is 0 Å². The van der Waals surface area contributed by atoms with Crippen LogP contribution in [0.15, 0.2) is 0 Å². The molecule has 0 aromatic heterocycles. The van der Waals surface area contributed by atoms with Gasteiger partial charge in [-0.2, -0.15) is 0 Å². The summed E-state index contributed by atoms with van der Waals surface area (Å²) in [5, 5.41) is 0. The average molecular weight is 547 g/mol. The van der Waals surface area contributed by atoms with Gasteiger partial charge in [-0.05, 0) is 0 Å². The Morgan fingerprint density at radius 2 is 0.250 bits per heavy atom. The second-order valence-electron chi connectivity index (χ2n) is 0. The number of hydrogen-bond donors (Lipinski definition) is 0. The minimum Gasteiger partial charge on any atom is 0 e. The SMILES string of the molecule is [Al].[Al].[Al].[Al].[Al].[Ba].[Ba].[Ba]. The molecule has 0 aromatic carbocycles. The molecule has 0 heterocycles. The Balaban J connectivity index is 0. The van der Waals surface area contributed by atoms with Crippen LogP contribution in [0.3, 0.4) is 0 Å². The van der Waals surface area contributed by atoms with Crippen molar-refractivity contribution in [2.75, 3.05) is 0 Å². The molecule has 8 heavy (non-hydrogen) atoms. The van der Waals surface area contributed by atoms with Gasteiger partial charge in [0.05, 0.1) is 0 Å². The summed E-state index contributed by atoms with van der Waals surface area (Å²) >= 11 is 0. The summed E-state index contributed by atoms with van der Waals surface area (Å²) in [6.07, 6.45) is 0. The molecule has 0 atom stereocenters. The fourth-order valence-corrected chi connectivity index (χ4v) is 0. The van der Waals surface area contributed by atoms with Crippen LogP contribution in [0.2, 0.25) is 0 Å². The van der Waals surface area contributed by atoms with E-state index in [1.165, 1.54) is 0 Å². The first-order chi connectivity index (χ1) is 0. The third-order valence-electron chi connectivity index (χ3n) is 0. The van der Waals surface area contributed by atoms with Crippen molar-refractivity contribution in [3.05, 3.63) is 0 Å². The molecule has 0 spiro atoms. The molecule has 0 bridgehead atoms. The molecule has 0 rings (SSSR count). The zero-order valence-corrected chi connectivity index (χ0v) is 24.1. The zero-order valence-electron chi connectivity index (χ0n) is 5.01. The molecule has 0 nitrogen and oxygen atoms in total. The molecule has 0 saturated heterocycles. The van der Waals surface area contributed by atoms with Crippen LogP contribution in [-0.4, -0.2) is 233 Å². The third-order valence-corrected chi connectivity index (χ3v) is 0. The molecule has 0 N–H and O–H groups in total. The van der Waals surface area contributed by atoms with E-state index in [-0.39, 0.29) is 233 Å². The Hall–Kier alpha value is 7.38. The maximum Gasteiger partial charge on any atom is 0 e. The second-order valence-corrected chi connectivity index (χ2v) is 0. The fourth-order valence-electron chi connectivity index (χ4n) is 0. The van der Waals surface area contributed by atoms with Gasteiger partial charge < -0.3 is 0 Å². The van der Waals surface area contributed by atoms with Crippen LogP contribution in [0.4, 0.5) is 0 Å². The van der Waals surface area contributed by atoms with E-state index >= 15 is 0 Å². The first kappa shape index (κ1) is 58.4. The molecule has 0 amide bonds. The van der Waals surface area contributed by atoms with Crippen molar-refractivity contribution in [2.45, 2.75) is 0 Å². The standard InChI is InChI=1S/5Al.3Ba. The van der Waals surface area contributed by atoms with Crippen LogP contribution in [-0.2, 0) is 0 Å². The summed E-state index contributed by atoms with van der Waals surface area (Å²) in [4.78, 5) is 0. The van der Waals surface area contributed by atoms with Gasteiger partial charge >= 0.3 is 0 Å². The van der Waals surface area contributed by atoms with E-state index in [9.17, 15) is 0 Å². The van der Waals surface area contributed by atoms with Crippen LogP contribution in [0, 0.1) is 0 Å². The topological polar surface area (TPSA) is 0 Å². The first-order valence-corrected chi connectivity index (χ1v) is 0. The van der Waals surface area contributed by atoms with Gasteiger partial charge in [-0.25, -0.2) is 0 Å². The Morgan fingerprint density at radius 3 is 0.250 bits per heavy atom. The minimum atomic E-state index is 0. The molecular weight excluding hydrogens is 547 g/mol. The van der Waals surface area contributed by atoms with E-state index in [0.29, 0.717) is 0 Å². The molecule has 0 fully saturated rings. The molecule has 0 aliphatic heterocycles. The molecule has 21 valence electrons. The van der Waals surface area contributed by atoms with E-state index in [1.807, 2.05) is 0 Å². The van der Waals surface area contributed by atoms with Gasteiger partial charge in [0.15, 0.2) is 0 Å². The van der Waals surface area contributed by atoms with Crippen molar-refractivity contribution in [3.63, 3.8) is 0 Å². The van der Waals surface area contributed by atoms with Crippen molar-refractivity contribution in [1.29, 1.82) is 0 Å². The van der Waals surface area contributed by atoms with Crippen LogP contribution in [0.25, 0.3) is 0 Å². The normalized spacial score (nSPS) is 0. The summed E-state index contributed by atoms with van der Waals surface area (Å²) in [5.41, 5.74) is 0. The Labute approximate surface area is 225 Å². The van der Waals surface area contributed by atoms with Gasteiger partial charge in [-0.15, -0.1) is 0 Å². The quantitative estimate of drug-likeness (QED) is 0.284. The largest absolute Gasteiger partial charge is 0 e. The van der Waals surface area contributed by atoms with Gasteiger partial charge in [0, 0.05) is 233 Å². The molecule has 0 saturated carbocycles. The minimum absolute atomic E-state index is 0. The predicted octanol–water partition coefficient (Wildman–Crippen LogP) is -3.05. The predicted molar refractivity (Wildman–Crippen MR) is 46.0 cm³/mol. The van der Waals surface area contributed by atoms with Crippen molar-refractivity contribution in [3.8, 4) is 0 Å². The van der Waals surface area contributed by atoms with Crippen molar-refractivity contribution in [2.24, 2.45) is 0 Å². The molecule has 0 aliphatic carbocycles. The maximum absolute atomic E-state index is 0. The summed E-state index contributed by atoms with van der Waals surface area (Å²) < 4.78 is 0. The number of rotatable bonds is 0. The molecular formula is Al5Ba3. The van der Waals surface area contributed by atoms with Gasteiger partial charge in [-0.3, -0.25) is 0 Å². The smallest absolute Gasteiger partial charge is 0 e. The molecule has 0 aliphatic rings. The summed E-state index contributed by atoms with van der Waals surface area (Å²) in [7, 11) is 0. The first-order valence-electron chi connectivity index (χ1n) is 0. The summed E-state index contributed by atoms with van der Waals surface area (Å²) in [5.74, 6) is 0. The van der Waals surface area contributed by atoms with Gasteiger partial charge in [0.25, 0.3) is 0 Å². The van der Waals surface area contributed by atoms with Crippen molar-refractivity contribution < 1.29 is 0 Å². The average Bonchev–Trinajstić information content (AvgIpc) is 0. The van der Waals surface area contributed by atoms with Crippen molar-refractivity contribution in [1.82, 2.24) is 0 Å². The maximum atomic E-state index is 0. The van der Waals surface area contributed by atoms with Crippen LogP contribution in [0.1, 0.15) is 0 Å². The van der Waals surface area contributed by atoms with E-state index in [4.69, 9.17) is 0 Å². The molecule has 21 radical (unpaired) electrons. The van der Waals surface area contributed by atoms with Crippen LogP contribution >= 0.6 is 0 Å². The van der Waals surface area contributed by atoms with E-state index in [1.54, 1.807) is 0 Å².